The van der Waals surface area contributed by atoms with Crippen LogP contribution in [0.25, 0.3) is 0 Å². The highest BCUT2D eigenvalue weighted by molar-refractivity contribution is 7.88. The number of benzene rings is 4. The molecule has 5 rings (SSSR count). The van der Waals surface area contributed by atoms with Crippen molar-refractivity contribution in [3.05, 3.63) is 136 Å². The second-order valence-electron chi connectivity index (χ2n) is 12.7. The summed E-state index contributed by atoms with van der Waals surface area (Å²) in [7, 11) is -3.57. The van der Waals surface area contributed by atoms with Crippen molar-refractivity contribution in [2.45, 2.75) is 56.3 Å². The van der Waals surface area contributed by atoms with Gasteiger partial charge in [0.25, 0.3) is 0 Å². The maximum absolute atomic E-state index is 15.3. The van der Waals surface area contributed by atoms with E-state index >= 15 is 4.39 Å². The number of rotatable bonds is 15. The van der Waals surface area contributed by atoms with Gasteiger partial charge in [0.05, 0.1) is 31.6 Å². The number of carbonyl (C=O) groups is 1. The van der Waals surface area contributed by atoms with E-state index in [0.717, 1.165) is 16.7 Å². The fourth-order valence-corrected chi connectivity index (χ4v) is 8.09. The quantitative estimate of drug-likeness (QED) is 0.138. The molecule has 0 radical (unpaired) electrons. The zero-order chi connectivity index (χ0) is 35.7. The zero-order valence-corrected chi connectivity index (χ0v) is 29.5. The Labute approximate surface area is 298 Å². The van der Waals surface area contributed by atoms with Crippen molar-refractivity contribution in [2.75, 3.05) is 31.3 Å². The first-order valence-corrected chi connectivity index (χ1v) is 18.9. The molecule has 1 heterocycles. The SMILES string of the molecule is CS(=O)(=O)N1C(COCc2ccccc2)CNC[C@@H]1CCCc1c(F)cccc1NC(=O)[C@@H](N)[C@@H](Cc1ccc(F)cc1)c1ccc(Cl)cc1. The predicted molar refractivity (Wildman–Crippen MR) is 193 cm³/mol. The molecule has 0 bridgehead atoms. The predicted octanol–water partition coefficient (Wildman–Crippen LogP) is 6.05. The first-order chi connectivity index (χ1) is 24.0. The van der Waals surface area contributed by atoms with Gasteiger partial charge in [0.2, 0.25) is 15.9 Å². The van der Waals surface area contributed by atoms with Crippen molar-refractivity contribution < 1.29 is 26.7 Å². The zero-order valence-electron chi connectivity index (χ0n) is 27.9. The summed E-state index contributed by atoms with van der Waals surface area (Å²) in [4.78, 5) is 13.7. The number of nitrogens with two attached hydrogens (primary N) is 1. The standard InChI is InChI=1S/C38H43ClF2N4O4S/c1-50(47,48)45-31(22-43-23-32(45)25-49-24-27-7-3-2-4-8-27)9-5-10-33-35(41)11-6-12-36(33)44-38(46)37(42)34(28-15-17-29(39)18-16-28)21-26-13-19-30(40)20-14-26/h2-4,6-8,11-20,31-32,34,37,43H,5,9-10,21-25,42H2,1H3,(H,44,46)/t31-,32?,34-,37-/m0/s1. The second kappa shape index (κ2) is 17.5. The Hall–Kier alpha value is -3.71. The minimum atomic E-state index is -3.57. The molecule has 1 aliphatic heterocycles. The van der Waals surface area contributed by atoms with E-state index in [1.807, 2.05) is 30.3 Å². The number of ether oxygens (including phenoxy) is 1. The van der Waals surface area contributed by atoms with Crippen molar-refractivity contribution in [1.29, 1.82) is 0 Å². The molecule has 4 atom stereocenters. The summed E-state index contributed by atoms with van der Waals surface area (Å²) >= 11 is 6.12. The number of piperazine rings is 1. The molecule has 12 heteroatoms. The summed E-state index contributed by atoms with van der Waals surface area (Å²) in [6, 6.07) is 25.5. The van der Waals surface area contributed by atoms with Crippen LogP contribution < -0.4 is 16.4 Å². The summed E-state index contributed by atoms with van der Waals surface area (Å²) < 4.78 is 62.3. The third-order valence-corrected chi connectivity index (χ3v) is 10.6. The van der Waals surface area contributed by atoms with Gasteiger partial charge < -0.3 is 21.1 Å². The van der Waals surface area contributed by atoms with Crippen LogP contribution in [0.5, 0.6) is 0 Å². The van der Waals surface area contributed by atoms with Gasteiger partial charge in [-0.2, -0.15) is 4.31 Å². The van der Waals surface area contributed by atoms with E-state index in [2.05, 4.69) is 10.6 Å². The normalized spacial score (nSPS) is 18.0. The van der Waals surface area contributed by atoms with Gasteiger partial charge in [0.15, 0.2) is 0 Å². The van der Waals surface area contributed by atoms with Crippen LogP contribution in [0, 0.1) is 11.6 Å². The smallest absolute Gasteiger partial charge is 0.241 e. The van der Waals surface area contributed by atoms with Crippen molar-refractivity contribution in [1.82, 2.24) is 9.62 Å². The molecule has 1 unspecified atom stereocenters. The lowest BCUT2D eigenvalue weighted by molar-refractivity contribution is -0.117. The van der Waals surface area contributed by atoms with Gasteiger partial charge >= 0.3 is 0 Å². The van der Waals surface area contributed by atoms with Crippen LogP contribution in [-0.2, 0) is 39.0 Å². The van der Waals surface area contributed by atoms with Crippen molar-refractivity contribution in [2.24, 2.45) is 5.73 Å². The van der Waals surface area contributed by atoms with Crippen LogP contribution in [0.4, 0.5) is 14.5 Å². The number of carbonyl (C=O) groups excluding carboxylic acids is 1. The Morgan fingerprint density at radius 3 is 2.36 bits per heavy atom. The monoisotopic (exact) mass is 724 g/mol. The van der Waals surface area contributed by atoms with E-state index in [-0.39, 0.29) is 30.9 Å². The topological polar surface area (TPSA) is 114 Å². The van der Waals surface area contributed by atoms with Gasteiger partial charge in [-0.25, -0.2) is 17.2 Å². The molecule has 1 aliphatic rings. The van der Waals surface area contributed by atoms with Gasteiger partial charge in [0.1, 0.15) is 11.6 Å². The van der Waals surface area contributed by atoms with E-state index in [0.29, 0.717) is 55.2 Å². The maximum Gasteiger partial charge on any atom is 0.241 e. The maximum atomic E-state index is 15.3. The van der Waals surface area contributed by atoms with E-state index in [9.17, 15) is 17.6 Å². The van der Waals surface area contributed by atoms with Crippen LogP contribution in [0.1, 0.15) is 41.0 Å². The van der Waals surface area contributed by atoms with E-state index in [4.69, 9.17) is 22.1 Å². The molecule has 8 nitrogen and oxygen atoms in total. The molecule has 4 aromatic rings. The number of sulfonamides is 1. The van der Waals surface area contributed by atoms with Gasteiger partial charge in [-0.15, -0.1) is 0 Å². The Bertz CT molecular complexity index is 1820. The number of hydrogen-bond acceptors (Lipinski definition) is 6. The summed E-state index contributed by atoms with van der Waals surface area (Å²) in [5, 5.41) is 6.72. The van der Waals surface area contributed by atoms with Gasteiger partial charge in [-0.3, -0.25) is 4.79 Å². The Morgan fingerprint density at radius 2 is 1.66 bits per heavy atom. The third kappa shape index (κ3) is 10.2. The number of hydrogen-bond donors (Lipinski definition) is 3. The minimum Gasteiger partial charge on any atom is -0.375 e. The highest BCUT2D eigenvalue weighted by atomic mass is 35.5. The fraction of sp³-hybridized carbons (Fsp3) is 0.342. The average Bonchev–Trinajstić information content (AvgIpc) is 3.09. The van der Waals surface area contributed by atoms with Gasteiger partial charge in [-0.05, 0) is 78.8 Å². The third-order valence-electron chi connectivity index (χ3n) is 9.03. The molecular formula is C38H43ClF2N4O4S. The lowest BCUT2D eigenvalue weighted by atomic mass is 9.85. The lowest BCUT2D eigenvalue weighted by Gasteiger charge is -2.40. The molecule has 50 heavy (non-hydrogen) atoms. The Kier molecular flexibility index (Phi) is 13.1. The summed E-state index contributed by atoms with van der Waals surface area (Å²) in [6.45, 7) is 1.52. The van der Waals surface area contributed by atoms with Crippen LogP contribution in [-0.4, -0.2) is 62.7 Å². The lowest BCUT2D eigenvalue weighted by Crippen LogP contribution is -2.60. The molecular weight excluding hydrogens is 682 g/mol. The van der Waals surface area contributed by atoms with Crippen LogP contribution in [0.2, 0.25) is 5.02 Å². The van der Waals surface area contributed by atoms with Gasteiger partial charge in [-0.1, -0.05) is 72.3 Å². The largest absolute Gasteiger partial charge is 0.375 e. The molecule has 0 spiro atoms. The number of nitrogens with one attached hydrogen (secondary N) is 2. The molecule has 1 fully saturated rings. The molecule has 1 saturated heterocycles. The first-order valence-electron chi connectivity index (χ1n) is 16.6. The van der Waals surface area contributed by atoms with Gasteiger partial charge in [0, 0.05) is 41.3 Å². The van der Waals surface area contributed by atoms with Crippen molar-refractivity contribution in [3.63, 3.8) is 0 Å². The summed E-state index contributed by atoms with van der Waals surface area (Å²) in [5.74, 6) is -1.84. The van der Waals surface area contributed by atoms with Crippen LogP contribution >= 0.6 is 11.6 Å². The number of halogens is 3. The molecule has 266 valence electrons. The highest BCUT2D eigenvalue weighted by Crippen LogP contribution is 2.29. The Morgan fingerprint density at radius 1 is 0.960 bits per heavy atom. The molecule has 4 N–H and O–H groups in total. The number of nitrogens with zero attached hydrogens (tertiary/aromatic N) is 1. The molecule has 0 aliphatic carbocycles. The molecule has 0 aromatic heterocycles. The molecule has 4 aromatic carbocycles. The van der Waals surface area contributed by atoms with E-state index in [1.165, 1.54) is 34.8 Å². The second-order valence-corrected chi connectivity index (χ2v) is 15.0. The average molecular weight is 725 g/mol. The van der Waals surface area contributed by atoms with Crippen LogP contribution in [0.15, 0.2) is 97.1 Å². The van der Waals surface area contributed by atoms with Crippen LogP contribution in [0.3, 0.4) is 0 Å². The number of amides is 1. The van der Waals surface area contributed by atoms with Crippen molar-refractivity contribution >= 4 is 33.2 Å². The summed E-state index contributed by atoms with van der Waals surface area (Å²) in [5.41, 5.74) is 9.78. The Balaban J connectivity index is 1.25. The fourth-order valence-electron chi connectivity index (χ4n) is 6.56. The summed E-state index contributed by atoms with van der Waals surface area (Å²) in [6.07, 6.45) is 2.75. The first kappa shape index (κ1) is 37.5. The van der Waals surface area contributed by atoms with Crippen molar-refractivity contribution in [3.8, 4) is 0 Å². The van der Waals surface area contributed by atoms with E-state index in [1.54, 1.807) is 42.5 Å². The highest BCUT2D eigenvalue weighted by Gasteiger charge is 2.36. The number of anilines is 1. The minimum absolute atomic E-state index is 0.230. The molecule has 1 amide bonds. The molecule has 0 saturated carbocycles. The van der Waals surface area contributed by atoms with E-state index < -0.39 is 33.7 Å².